The summed E-state index contributed by atoms with van der Waals surface area (Å²) in [5, 5.41) is 3.01. The molecule has 2 aromatic rings. The van der Waals surface area contributed by atoms with E-state index >= 15 is 0 Å². The van der Waals surface area contributed by atoms with Gasteiger partial charge in [-0.3, -0.25) is 0 Å². The summed E-state index contributed by atoms with van der Waals surface area (Å²) in [5.74, 6) is 0.394. The Bertz CT molecular complexity index is 653. The molecule has 0 fully saturated rings. The van der Waals surface area contributed by atoms with Gasteiger partial charge in [-0.05, 0) is 41.8 Å². The van der Waals surface area contributed by atoms with Crippen molar-refractivity contribution >= 4 is 11.6 Å². The van der Waals surface area contributed by atoms with Crippen LogP contribution in [0.4, 0.5) is 10.1 Å². The molecule has 22 heavy (non-hydrogen) atoms. The number of anilines is 1. The van der Waals surface area contributed by atoms with Crippen LogP contribution < -0.4 is 15.8 Å². The van der Waals surface area contributed by atoms with Gasteiger partial charge in [-0.2, -0.15) is 0 Å². The number of rotatable bonds is 5. The third kappa shape index (κ3) is 4.48. The lowest BCUT2D eigenvalue weighted by atomic mass is 10.1. The number of benzene rings is 2. The fraction of sp³-hybridized carbons (Fsp3) is 0.235. The zero-order valence-corrected chi connectivity index (χ0v) is 12.8. The van der Waals surface area contributed by atoms with Crippen molar-refractivity contribution in [1.82, 2.24) is 0 Å². The van der Waals surface area contributed by atoms with Crippen LogP contribution in [0.25, 0.3) is 0 Å². The van der Waals surface area contributed by atoms with Gasteiger partial charge in [-0.1, -0.05) is 19.1 Å². The molecular weight excluding hydrogens is 281 g/mol. The Morgan fingerprint density at radius 2 is 1.91 bits per heavy atom. The maximum Gasteiger partial charge on any atom is 0.193 e. The van der Waals surface area contributed by atoms with E-state index in [0.29, 0.717) is 11.3 Å². The van der Waals surface area contributed by atoms with Crippen LogP contribution in [0.2, 0.25) is 0 Å². The average Bonchev–Trinajstić information content (AvgIpc) is 2.53. The van der Waals surface area contributed by atoms with Crippen LogP contribution in [0.15, 0.2) is 47.5 Å². The molecule has 0 aliphatic rings. The van der Waals surface area contributed by atoms with Crippen molar-refractivity contribution in [2.75, 3.05) is 12.4 Å². The number of methoxy groups -OCH3 is 1. The normalized spacial score (nSPS) is 11.3. The second-order valence-corrected chi connectivity index (χ2v) is 4.88. The van der Waals surface area contributed by atoms with Crippen molar-refractivity contribution in [3.8, 4) is 5.75 Å². The van der Waals surface area contributed by atoms with E-state index in [1.54, 1.807) is 6.07 Å². The quantitative estimate of drug-likeness (QED) is 0.658. The molecule has 5 heteroatoms. The standard InChI is InChI=1S/C17H20FN3O/c1-3-12-4-6-15(7-5-12)21-17(19)20-11-13-8-14(18)10-16(9-13)22-2/h4-10H,3,11H2,1-2H3,(H3,19,20,21). The number of aliphatic imine (C=N–C) groups is 1. The van der Waals surface area contributed by atoms with Crippen LogP contribution in [-0.2, 0) is 13.0 Å². The maximum atomic E-state index is 13.4. The van der Waals surface area contributed by atoms with Gasteiger partial charge in [-0.25, -0.2) is 9.38 Å². The molecule has 0 aliphatic heterocycles. The van der Waals surface area contributed by atoms with Crippen molar-refractivity contribution in [3.05, 3.63) is 59.4 Å². The molecule has 0 aromatic heterocycles. The van der Waals surface area contributed by atoms with Gasteiger partial charge in [0.05, 0.1) is 13.7 Å². The molecule has 0 spiro atoms. The second kappa shape index (κ2) is 7.45. The highest BCUT2D eigenvalue weighted by molar-refractivity contribution is 5.92. The minimum absolute atomic E-state index is 0.278. The predicted molar refractivity (Wildman–Crippen MR) is 87.7 cm³/mol. The van der Waals surface area contributed by atoms with Gasteiger partial charge in [0, 0.05) is 11.8 Å². The van der Waals surface area contributed by atoms with Crippen molar-refractivity contribution < 1.29 is 9.13 Å². The molecule has 0 atom stereocenters. The van der Waals surface area contributed by atoms with E-state index in [0.717, 1.165) is 12.1 Å². The lowest BCUT2D eigenvalue weighted by Crippen LogP contribution is -2.22. The molecule has 0 heterocycles. The van der Waals surface area contributed by atoms with Gasteiger partial charge >= 0.3 is 0 Å². The van der Waals surface area contributed by atoms with E-state index in [9.17, 15) is 4.39 Å². The number of nitrogens with zero attached hydrogens (tertiary/aromatic N) is 1. The van der Waals surface area contributed by atoms with E-state index in [-0.39, 0.29) is 18.3 Å². The fourth-order valence-corrected chi connectivity index (χ4v) is 2.02. The van der Waals surface area contributed by atoms with Gasteiger partial charge in [-0.15, -0.1) is 0 Å². The Hall–Kier alpha value is -2.56. The number of guanidine groups is 1. The summed E-state index contributed by atoms with van der Waals surface area (Å²) in [5.41, 5.74) is 8.67. The number of nitrogens with two attached hydrogens (primary N) is 1. The summed E-state index contributed by atoms with van der Waals surface area (Å²) in [4.78, 5) is 4.21. The Labute approximate surface area is 129 Å². The molecule has 0 aliphatic carbocycles. The molecule has 3 N–H and O–H groups in total. The third-order valence-electron chi connectivity index (χ3n) is 3.23. The highest BCUT2D eigenvalue weighted by atomic mass is 19.1. The Balaban J connectivity index is 2.01. The topological polar surface area (TPSA) is 59.6 Å². The molecule has 0 amide bonds. The Morgan fingerprint density at radius 1 is 1.18 bits per heavy atom. The molecule has 0 saturated heterocycles. The summed E-state index contributed by atoms with van der Waals surface area (Å²) in [7, 11) is 1.50. The zero-order valence-electron chi connectivity index (χ0n) is 12.8. The summed E-state index contributed by atoms with van der Waals surface area (Å²) >= 11 is 0. The molecule has 0 bridgehead atoms. The van der Waals surface area contributed by atoms with Gasteiger partial charge in [0.2, 0.25) is 0 Å². The second-order valence-electron chi connectivity index (χ2n) is 4.88. The van der Waals surface area contributed by atoms with Crippen LogP contribution in [0.1, 0.15) is 18.1 Å². The lowest BCUT2D eigenvalue weighted by molar-refractivity contribution is 0.410. The van der Waals surface area contributed by atoms with Crippen LogP contribution in [-0.4, -0.2) is 13.1 Å². The van der Waals surface area contributed by atoms with Crippen LogP contribution in [0.5, 0.6) is 5.75 Å². The van der Waals surface area contributed by atoms with Crippen LogP contribution in [0.3, 0.4) is 0 Å². The third-order valence-corrected chi connectivity index (χ3v) is 3.23. The van der Waals surface area contributed by atoms with E-state index < -0.39 is 0 Å². The number of ether oxygens (including phenoxy) is 1. The summed E-state index contributed by atoms with van der Waals surface area (Å²) < 4.78 is 18.4. The number of hydrogen-bond donors (Lipinski definition) is 2. The summed E-state index contributed by atoms with van der Waals surface area (Å²) in [6.07, 6.45) is 0.991. The first-order valence-corrected chi connectivity index (χ1v) is 7.10. The minimum Gasteiger partial charge on any atom is -0.497 e. The lowest BCUT2D eigenvalue weighted by Gasteiger charge is -2.07. The minimum atomic E-state index is -0.355. The van der Waals surface area contributed by atoms with E-state index in [1.165, 1.54) is 24.8 Å². The Morgan fingerprint density at radius 3 is 2.55 bits per heavy atom. The molecular formula is C17H20FN3O. The van der Waals surface area contributed by atoms with E-state index in [1.807, 2.05) is 24.3 Å². The van der Waals surface area contributed by atoms with Crippen molar-refractivity contribution in [2.24, 2.45) is 10.7 Å². The molecule has 116 valence electrons. The average molecular weight is 301 g/mol. The molecule has 0 radical (unpaired) electrons. The first kappa shape index (κ1) is 15.8. The first-order valence-electron chi connectivity index (χ1n) is 7.10. The highest BCUT2D eigenvalue weighted by Gasteiger charge is 2.01. The van der Waals surface area contributed by atoms with Gasteiger partial charge in [0.1, 0.15) is 11.6 Å². The number of halogens is 1. The first-order chi connectivity index (χ1) is 10.6. The Kier molecular flexibility index (Phi) is 5.36. The monoisotopic (exact) mass is 301 g/mol. The molecule has 4 nitrogen and oxygen atoms in total. The largest absolute Gasteiger partial charge is 0.497 e. The molecule has 2 aromatic carbocycles. The maximum absolute atomic E-state index is 13.4. The van der Waals surface area contributed by atoms with Gasteiger partial charge in [0.15, 0.2) is 5.96 Å². The van der Waals surface area contributed by atoms with Gasteiger partial charge < -0.3 is 15.8 Å². The van der Waals surface area contributed by atoms with Crippen molar-refractivity contribution in [2.45, 2.75) is 19.9 Å². The number of hydrogen-bond acceptors (Lipinski definition) is 2. The van der Waals surface area contributed by atoms with Crippen molar-refractivity contribution in [3.63, 3.8) is 0 Å². The smallest absolute Gasteiger partial charge is 0.193 e. The zero-order chi connectivity index (χ0) is 15.9. The van der Waals surface area contributed by atoms with E-state index in [2.05, 4.69) is 17.2 Å². The number of aryl methyl sites for hydroxylation is 1. The summed E-state index contributed by atoms with van der Waals surface area (Å²) in [6, 6.07) is 12.4. The predicted octanol–water partition coefficient (Wildman–Crippen LogP) is 3.32. The summed E-state index contributed by atoms with van der Waals surface area (Å²) in [6.45, 7) is 2.38. The highest BCUT2D eigenvalue weighted by Crippen LogP contribution is 2.16. The fourth-order valence-electron chi connectivity index (χ4n) is 2.02. The van der Waals surface area contributed by atoms with E-state index in [4.69, 9.17) is 10.5 Å². The van der Waals surface area contributed by atoms with Gasteiger partial charge in [0.25, 0.3) is 0 Å². The molecule has 0 unspecified atom stereocenters. The van der Waals surface area contributed by atoms with Crippen LogP contribution >= 0.6 is 0 Å². The molecule has 2 rings (SSSR count). The molecule has 0 saturated carbocycles. The van der Waals surface area contributed by atoms with Crippen molar-refractivity contribution in [1.29, 1.82) is 0 Å². The van der Waals surface area contributed by atoms with Crippen LogP contribution in [0, 0.1) is 5.82 Å². The SMILES string of the molecule is CCc1ccc(NC(N)=NCc2cc(F)cc(OC)c2)cc1. The number of nitrogens with one attached hydrogen (secondary N) is 1.